The van der Waals surface area contributed by atoms with Gasteiger partial charge in [0.05, 0.1) is 67.1 Å². The molecular formula is C40H42N8O2S2. The molecule has 0 fully saturated rings. The smallest absolute Gasteiger partial charge is 0.253 e. The van der Waals surface area contributed by atoms with Gasteiger partial charge in [0.2, 0.25) is 0 Å². The first-order chi connectivity index (χ1) is 25.1. The van der Waals surface area contributed by atoms with E-state index < -0.39 is 0 Å². The minimum absolute atomic E-state index is 0.136. The minimum Gasteiger partial charge on any atom is -0.345 e. The van der Waals surface area contributed by atoms with Gasteiger partial charge in [-0.05, 0) is 113 Å². The van der Waals surface area contributed by atoms with Crippen molar-refractivity contribution < 1.29 is 9.59 Å². The molecule has 0 aliphatic carbocycles. The zero-order valence-corrected chi connectivity index (χ0v) is 31.6. The number of para-hydroxylation sites is 2. The Morgan fingerprint density at radius 3 is 1.79 bits per heavy atom. The summed E-state index contributed by atoms with van der Waals surface area (Å²) in [5, 5.41) is 18.4. The van der Waals surface area contributed by atoms with Crippen molar-refractivity contribution in [2.24, 2.45) is 0 Å². The van der Waals surface area contributed by atoms with Crippen molar-refractivity contribution >= 4 is 47.1 Å². The van der Waals surface area contributed by atoms with E-state index in [2.05, 4.69) is 30.3 Å². The number of nitrogens with one attached hydrogen (secondary N) is 5. The van der Waals surface area contributed by atoms with Gasteiger partial charge in [-0.2, -0.15) is 10.2 Å². The molecule has 1 unspecified atom stereocenters. The van der Waals surface area contributed by atoms with E-state index in [0.717, 1.165) is 55.1 Å². The Hall–Kier alpha value is -5.46. The van der Waals surface area contributed by atoms with Crippen molar-refractivity contribution in [2.45, 2.75) is 63.4 Å². The molecule has 6 rings (SSSR count). The number of aryl methyl sites for hydroxylation is 3. The average Bonchev–Trinajstić information content (AvgIpc) is 3.64. The van der Waals surface area contributed by atoms with Gasteiger partial charge < -0.3 is 20.1 Å². The van der Waals surface area contributed by atoms with Crippen LogP contribution in [-0.2, 0) is 0 Å². The van der Waals surface area contributed by atoms with Crippen molar-refractivity contribution in [2.75, 3.05) is 9.44 Å². The fraction of sp³-hybridized carbons (Fsp3) is 0.200. The number of aromatic amines is 1. The number of nitrogens with zero attached hydrogens (tertiary/aromatic N) is 3. The Morgan fingerprint density at radius 1 is 0.654 bits per heavy atom. The number of H-pyrrole nitrogens is 1. The summed E-state index contributed by atoms with van der Waals surface area (Å²) in [6, 6.07) is 32.5. The summed E-state index contributed by atoms with van der Waals surface area (Å²) < 4.78 is 8.65. The van der Waals surface area contributed by atoms with E-state index in [1.54, 1.807) is 0 Å². The van der Waals surface area contributed by atoms with Crippen LogP contribution in [0.3, 0.4) is 0 Å². The lowest BCUT2D eigenvalue weighted by Crippen LogP contribution is -2.27. The summed E-state index contributed by atoms with van der Waals surface area (Å²) in [6.45, 7) is 11.9. The first kappa shape index (κ1) is 36.3. The van der Waals surface area contributed by atoms with Crippen molar-refractivity contribution in [1.29, 1.82) is 0 Å². The summed E-state index contributed by atoms with van der Waals surface area (Å²) in [6.07, 6.45) is 0. The monoisotopic (exact) mass is 730 g/mol. The van der Waals surface area contributed by atoms with Crippen LogP contribution in [0.5, 0.6) is 0 Å². The Morgan fingerprint density at radius 2 is 1.19 bits per heavy atom. The first-order valence-electron chi connectivity index (χ1n) is 17.0. The molecule has 2 amide bonds. The van der Waals surface area contributed by atoms with E-state index in [-0.39, 0.29) is 23.9 Å². The molecule has 0 spiro atoms. The van der Waals surface area contributed by atoms with Gasteiger partial charge >= 0.3 is 0 Å². The molecule has 0 bridgehead atoms. The fourth-order valence-corrected chi connectivity index (χ4v) is 7.45. The van der Waals surface area contributed by atoms with Crippen LogP contribution in [0.4, 0.5) is 11.4 Å². The standard InChI is InChI=1S/C40H42N8O2S2/c1-24(30-15-8-7-9-16-30)41-39(49)34-20-11-13-22-36(34)47-52-38-28(5)45-48(29(38)6)32-18-14-17-31(23-32)25(2)42-40(50)33-19-10-12-21-35(33)46-51-37-26(3)43-44-27(37)4/h7-25,46-47H,1-6H3,(H,41,49)(H,42,50)(H,43,44)/t24-,25?/m0/s1. The number of carbonyl (C=O) groups excluding carboxylic acids is 2. The van der Waals surface area contributed by atoms with Crippen LogP contribution in [-0.4, -0.2) is 31.8 Å². The summed E-state index contributed by atoms with van der Waals surface area (Å²) in [4.78, 5) is 28.8. The average molecular weight is 731 g/mol. The second-order valence-electron chi connectivity index (χ2n) is 12.6. The number of aromatic nitrogens is 4. The molecule has 0 aliphatic heterocycles. The molecule has 12 heteroatoms. The van der Waals surface area contributed by atoms with Gasteiger partial charge in [-0.1, -0.05) is 66.7 Å². The molecule has 0 saturated carbocycles. The molecule has 2 aromatic heterocycles. The predicted molar refractivity (Wildman–Crippen MR) is 211 cm³/mol. The highest BCUT2D eigenvalue weighted by atomic mass is 32.2. The summed E-state index contributed by atoms with van der Waals surface area (Å²) in [5.74, 6) is -0.332. The van der Waals surface area contributed by atoms with E-state index in [0.29, 0.717) is 16.8 Å². The van der Waals surface area contributed by atoms with Crippen LogP contribution >= 0.6 is 23.9 Å². The summed E-state index contributed by atoms with van der Waals surface area (Å²) in [7, 11) is 0. The lowest BCUT2D eigenvalue weighted by atomic mass is 10.1. The normalized spacial score (nSPS) is 12.2. The van der Waals surface area contributed by atoms with Gasteiger partial charge in [0.1, 0.15) is 0 Å². The molecule has 10 nitrogen and oxygen atoms in total. The molecule has 6 aromatic rings. The Labute approximate surface area is 312 Å². The third kappa shape index (κ3) is 8.19. The van der Waals surface area contributed by atoms with Crippen LogP contribution in [0.15, 0.2) is 113 Å². The number of benzene rings is 4. The van der Waals surface area contributed by atoms with Gasteiger partial charge in [-0.25, -0.2) is 4.68 Å². The minimum atomic E-state index is -0.272. The number of rotatable bonds is 13. The number of hydrogen-bond acceptors (Lipinski definition) is 8. The second kappa shape index (κ2) is 16.3. The van der Waals surface area contributed by atoms with Gasteiger partial charge in [0.15, 0.2) is 0 Å². The van der Waals surface area contributed by atoms with E-state index in [4.69, 9.17) is 5.10 Å². The van der Waals surface area contributed by atoms with Gasteiger partial charge in [-0.15, -0.1) is 0 Å². The molecule has 2 heterocycles. The molecule has 4 aromatic carbocycles. The zero-order chi connectivity index (χ0) is 36.8. The van der Waals surface area contributed by atoms with Crippen molar-refractivity contribution in [3.05, 3.63) is 148 Å². The van der Waals surface area contributed by atoms with Crippen LogP contribution < -0.4 is 20.1 Å². The molecule has 52 heavy (non-hydrogen) atoms. The van der Waals surface area contributed by atoms with E-state index in [9.17, 15) is 9.59 Å². The van der Waals surface area contributed by atoms with Crippen molar-refractivity contribution in [1.82, 2.24) is 30.6 Å². The zero-order valence-electron chi connectivity index (χ0n) is 29.9. The Bertz CT molecular complexity index is 2180. The predicted octanol–water partition coefficient (Wildman–Crippen LogP) is 9.05. The van der Waals surface area contributed by atoms with Gasteiger partial charge in [-0.3, -0.25) is 14.7 Å². The highest BCUT2D eigenvalue weighted by molar-refractivity contribution is 8.01. The van der Waals surface area contributed by atoms with E-state index in [1.165, 1.54) is 23.9 Å². The maximum Gasteiger partial charge on any atom is 0.253 e. The molecule has 0 aliphatic rings. The molecule has 0 radical (unpaired) electrons. The maximum absolute atomic E-state index is 13.5. The summed E-state index contributed by atoms with van der Waals surface area (Å²) in [5.41, 5.74) is 9.07. The molecule has 0 saturated heterocycles. The third-order valence-electron chi connectivity index (χ3n) is 8.76. The van der Waals surface area contributed by atoms with E-state index in [1.807, 2.05) is 149 Å². The number of carbonyl (C=O) groups is 2. The summed E-state index contributed by atoms with van der Waals surface area (Å²) >= 11 is 2.86. The Balaban J connectivity index is 1.13. The lowest BCUT2D eigenvalue weighted by molar-refractivity contribution is 0.0932. The number of hydrogen-bond donors (Lipinski definition) is 5. The maximum atomic E-state index is 13.5. The molecule has 5 N–H and O–H groups in total. The van der Waals surface area contributed by atoms with Crippen LogP contribution in [0.25, 0.3) is 5.69 Å². The topological polar surface area (TPSA) is 129 Å². The van der Waals surface area contributed by atoms with Crippen LogP contribution in [0, 0.1) is 27.7 Å². The second-order valence-corrected chi connectivity index (χ2v) is 14.2. The quantitative estimate of drug-likeness (QED) is 0.0745. The molecular weight excluding hydrogens is 689 g/mol. The Kier molecular flexibility index (Phi) is 11.4. The number of amides is 2. The molecule has 266 valence electrons. The number of anilines is 2. The van der Waals surface area contributed by atoms with E-state index >= 15 is 0 Å². The lowest BCUT2D eigenvalue weighted by Gasteiger charge is -2.18. The third-order valence-corrected chi connectivity index (χ3v) is 11.0. The fourth-order valence-electron chi connectivity index (χ4n) is 5.85. The van der Waals surface area contributed by atoms with Crippen LogP contribution in [0.2, 0.25) is 0 Å². The van der Waals surface area contributed by atoms with Gasteiger partial charge in [0, 0.05) is 5.69 Å². The van der Waals surface area contributed by atoms with Crippen LogP contribution in [0.1, 0.15) is 80.5 Å². The SMILES string of the molecule is Cc1n[nH]c(C)c1SNc1ccccc1C(=O)NC(C)c1cccc(-n2nc(C)c(SNc3ccccc3C(=O)N[C@@H](C)c3ccccc3)c2C)c1. The first-order valence-corrected chi connectivity index (χ1v) is 18.6. The van der Waals surface area contributed by atoms with Crippen molar-refractivity contribution in [3.63, 3.8) is 0 Å². The molecule has 2 atom stereocenters. The largest absolute Gasteiger partial charge is 0.345 e. The van der Waals surface area contributed by atoms with Crippen molar-refractivity contribution in [3.8, 4) is 5.69 Å². The highest BCUT2D eigenvalue weighted by Crippen LogP contribution is 2.32. The van der Waals surface area contributed by atoms with Gasteiger partial charge in [0.25, 0.3) is 11.8 Å². The highest BCUT2D eigenvalue weighted by Gasteiger charge is 2.20.